The van der Waals surface area contributed by atoms with Crippen molar-refractivity contribution in [3.8, 4) is 11.3 Å². The number of hydrogen-bond acceptors (Lipinski definition) is 6. The minimum absolute atomic E-state index is 0.261. The number of hydrazine groups is 1. The van der Waals surface area contributed by atoms with E-state index in [0.29, 0.717) is 24.5 Å². The minimum atomic E-state index is -4.98. The fourth-order valence-corrected chi connectivity index (χ4v) is 4.72. The molecule has 0 unspecified atom stereocenters. The van der Waals surface area contributed by atoms with E-state index in [0.717, 1.165) is 17.1 Å². The lowest BCUT2D eigenvalue weighted by Gasteiger charge is -2.43. The number of aromatic nitrogens is 2. The Hall–Kier alpha value is -4.60. The van der Waals surface area contributed by atoms with Crippen LogP contribution in [0.4, 0.5) is 40.8 Å². The van der Waals surface area contributed by atoms with Crippen molar-refractivity contribution in [3.63, 3.8) is 0 Å². The number of nitrogens with zero attached hydrogens (tertiary/aromatic N) is 4. The summed E-state index contributed by atoms with van der Waals surface area (Å²) in [6.07, 6.45) is -9.43. The number of alkyl halides is 6. The van der Waals surface area contributed by atoms with Gasteiger partial charge in [0.05, 0.1) is 29.5 Å². The van der Waals surface area contributed by atoms with Crippen LogP contribution in [0.1, 0.15) is 30.7 Å². The molecule has 3 aromatic rings. The number of anilines is 1. The summed E-state index contributed by atoms with van der Waals surface area (Å²) in [4.78, 5) is 33.8. The third-order valence-electron chi connectivity index (χ3n) is 6.81. The highest BCUT2D eigenvalue weighted by molar-refractivity contribution is 6.24. The maximum absolute atomic E-state index is 14.5. The molecule has 44 heavy (non-hydrogen) atoms. The predicted molar refractivity (Wildman–Crippen MR) is 139 cm³/mol. The van der Waals surface area contributed by atoms with Crippen LogP contribution in [-0.2, 0) is 28.5 Å². The van der Waals surface area contributed by atoms with Crippen molar-refractivity contribution < 1.29 is 49.8 Å². The van der Waals surface area contributed by atoms with Crippen molar-refractivity contribution in [1.29, 1.82) is 0 Å². The van der Waals surface area contributed by atoms with E-state index < -0.39 is 93.8 Å². The first-order valence-corrected chi connectivity index (χ1v) is 12.7. The Kier molecular flexibility index (Phi) is 8.68. The zero-order chi connectivity index (χ0) is 32.7. The average molecular weight is 630 g/mol. The van der Waals surface area contributed by atoms with Crippen LogP contribution < -0.4 is 5.32 Å². The number of carbonyl (C=O) groups is 2. The summed E-state index contributed by atoms with van der Waals surface area (Å²) in [6.45, 7) is 2.69. The maximum Gasteiger partial charge on any atom is 0.433 e. The van der Waals surface area contributed by atoms with Gasteiger partial charge in [0.2, 0.25) is 0 Å². The largest absolute Gasteiger partial charge is 0.510 e. The van der Waals surface area contributed by atoms with Crippen LogP contribution in [0.2, 0.25) is 0 Å². The zero-order valence-corrected chi connectivity index (χ0v) is 23.1. The maximum atomic E-state index is 14.5. The summed E-state index contributed by atoms with van der Waals surface area (Å²) in [5.74, 6) is -6.15. The SMILES string of the molecule is CC(C)[C@H]1C(O)=C(C(=O)Nc2ccc(C(F)(F)F)cc2-c2cc(C(F)(F)F)ncn2)C(=O)N(Cc2cccc(F)c2F)N1C. The van der Waals surface area contributed by atoms with Crippen molar-refractivity contribution in [2.45, 2.75) is 38.8 Å². The van der Waals surface area contributed by atoms with Gasteiger partial charge in [-0.15, -0.1) is 0 Å². The summed E-state index contributed by atoms with van der Waals surface area (Å²) in [7, 11) is 1.37. The second kappa shape index (κ2) is 11.8. The molecule has 0 spiro atoms. The molecule has 8 nitrogen and oxygen atoms in total. The molecule has 2 heterocycles. The van der Waals surface area contributed by atoms with Gasteiger partial charge in [0.1, 0.15) is 23.4 Å². The molecule has 0 fully saturated rings. The van der Waals surface area contributed by atoms with Crippen LogP contribution in [0.25, 0.3) is 11.3 Å². The number of likely N-dealkylation sites (N-methyl/N-ethyl adjacent to an activating group) is 1. The Morgan fingerprint density at radius 1 is 1.02 bits per heavy atom. The van der Waals surface area contributed by atoms with E-state index >= 15 is 0 Å². The molecule has 2 N–H and O–H groups in total. The number of halogens is 8. The third-order valence-corrected chi connectivity index (χ3v) is 6.81. The molecule has 1 aliphatic rings. The molecule has 0 aliphatic carbocycles. The third kappa shape index (κ3) is 6.34. The van der Waals surface area contributed by atoms with Crippen LogP contribution in [0.3, 0.4) is 0 Å². The molecule has 4 rings (SSSR count). The fourth-order valence-electron chi connectivity index (χ4n) is 4.72. The minimum Gasteiger partial charge on any atom is -0.510 e. The monoisotopic (exact) mass is 629 g/mol. The second-order valence-electron chi connectivity index (χ2n) is 10.1. The Bertz CT molecular complexity index is 1640. The van der Waals surface area contributed by atoms with E-state index in [1.807, 2.05) is 0 Å². The van der Waals surface area contributed by atoms with E-state index in [-0.39, 0.29) is 5.56 Å². The van der Waals surface area contributed by atoms with Gasteiger partial charge in [-0.05, 0) is 36.2 Å². The van der Waals surface area contributed by atoms with E-state index in [4.69, 9.17) is 0 Å². The van der Waals surface area contributed by atoms with E-state index in [1.54, 1.807) is 13.8 Å². The second-order valence-corrected chi connectivity index (χ2v) is 10.1. The number of benzene rings is 2. The van der Waals surface area contributed by atoms with E-state index in [2.05, 4.69) is 15.3 Å². The van der Waals surface area contributed by atoms with Crippen molar-refractivity contribution >= 4 is 17.5 Å². The molecular weight excluding hydrogens is 606 g/mol. The molecule has 2 amide bonds. The van der Waals surface area contributed by atoms with Crippen molar-refractivity contribution in [3.05, 3.63) is 88.6 Å². The average Bonchev–Trinajstić information content (AvgIpc) is 2.92. The lowest BCUT2D eigenvalue weighted by Crippen LogP contribution is -2.57. The molecule has 0 saturated carbocycles. The predicted octanol–water partition coefficient (Wildman–Crippen LogP) is 6.12. The standard InChI is InChI=1S/C28H23F8N5O3/c1-13(2)23-24(42)21(26(44)41(40(23)3)11-14-5-4-6-17(29)22(14)30)25(43)39-18-8-7-15(27(31,32)33)9-16(18)19-10-20(28(34,35)36)38-12-37-19/h4-10,12-13,23,42H,11H2,1-3H3,(H,39,43)/t23-/m0/s1. The first-order valence-electron chi connectivity index (χ1n) is 12.7. The summed E-state index contributed by atoms with van der Waals surface area (Å²) in [5.41, 5.74) is -5.59. The van der Waals surface area contributed by atoms with Crippen molar-refractivity contribution in [1.82, 2.24) is 20.0 Å². The molecular formula is C28H23F8N5O3. The molecule has 234 valence electrons. The van der Waals surface area contributed by atoms with Crippen LogP contribution in [0.15, 0.2) is 60.1 Å². The quantitative estimate of drug-likeness (QED) is 0.252. The summed E-state index contributed by atoms with van der Waals surface area (Å²) >= 11 is 0. The number of rotatable bonds is 6. The van der Waals surface area contributed by atoms with Crippen molar-refractivity contribution in [2.24, 2.45) is 5.92 Å². The van der Waals surface area contributed by atoms with Gasteiger partial charge in [0.25, 0.3) is 11.8 Å². The van der Waals surface area contributed by atoms with Crippen LogP contribution in [-0.4, -0.2) is 50.0 Å². The summed E-state index contributed by atoms with van der Waals surface area (Å²) < 4.78 is 109. The summed E-state index contributed by atoms with van der Waals surface area (Å²) in [5, 5.41) is 15.3. The number of hydrogen-bond donors (Lipinski definition) is 2. The lowest BCUT2D eigenvalue weighted by atomic mass is 9.95. The Morgan fingerprint density at radius 3 is 2.32 bits per heavy atom. The highest BCUT2D eigenvalue weighted by Gasteiger charge is 2.43. The molecule has 0 radical (unpaired) electrons. The number of nitrogens with one attached hydrogen (secondary N) is 1. The van der Waals surface area contributed by atoms with Crippen LogP contribution in [0, 0.1) is 17.6 Å². The van der Waals surface area contributed by atoms with Gasteiger partial charge < -0.3 is 10.4 Å². The van der Waals surface area contributed by atoms with Gasteiger partial charge in [-0.3, -0.25) is 14.6 Å². The molecule has 16 heteroatoms. The van der Waals surface area contributed by atoms with Crippen molar-refractivity contribution in [2.75, 3.05) is 12.4 Å². The smallest absolute Gasteiger partial charge is 0.433 e. The number of aliphatic hydroxyl groups excluding tert-OH is 1. The Labute approximate surface area is 244 Å². The molecule has 0 bridgehead atoms. The first-order chi connectivity index (χ1) is 20.4. The highest BCUT2D eigenvalue weighted by atomic mass is 19.4. The number of amides is 2. The fraction of sp³-hybridized carbons (Fsp3) is 0.286. The lowest BCUT2D eigenvalue weighted by molar-refractivity contribution is -0.155. The molecule has 1 atom stereocenters. The van der Waals surface area contributed by atoms with Gasteiger partial charge >= 0.3 is 12.4 Å². The summed E-state index contributed by atoms with van der Waals surface area (Å²) in [6, 6.07) is 4.35. The highest BCUT2D eigenvalue weighted by Crippen LogP contribution is 2.38. The molecule has 1 aliphatic heterocycles. The van der Waals surface area contributed by atoms with Gasteiger partial charge in [0.15, 0.2) is 11.6 Å². The Balaban J connectivity index is 1.79. The van der Waals surface area contributed by atoms with Crippen LogP contribution in [0.5, 0.6) is 0 Å². The topological polar surface area (TPSA) is 98.7 Å². The Morgan fingerprint density at radius 2 is 1.70 bits per heavy atom. The van der Waals surface area contributed by atoms with E-state index in [9.17, 15) is 49.8 Å². The molecule has 1 aromatic heterocycles. The molecule has 2 aromatic carbocycles. The van der Waals surface area contributed by atoms with E-state index in [1.165, 1.54) is 24.2 Å². The van der Waals surface area contributed by atoms with Crippen LogP contribution >= 0.6 is 0 Å². The van der Waals surface area contributed by atoms with Gasteiger partial charge in [-0.1, -0.05) is 26.0 Å². The van der Waals surface area contributed by atoms with Gasteiger partial charge in [0, 0.05) is 18.2 Å². The first kappa shape index (κ1) is 32.3. The van der Waals surface area contributed by atoms with Gasteiger partial charge in [-0.25, -0.2) is 23.8 Å². The molecule has 0 saturated heterocycles. The number of carbonyl (C=O) groups excluding carboxylic acids is 2. The zero-order valence-electron chi connectivity index (χ0n) is 23.1. The number of aliphatic hydroxyl groups is 1. The van der Waals surface area contributed by atoms with Gasteiger partial charge in [-0.2, -0.15) is 26.3 Å². The normalized spacial score (nSPS) is 16.6.